The van der Waals surface area contributed by atoms with E-state index in [9.17, 15) is 18.0 Å². The molecule has 27 heavy (non-hydrogen) atoms. The summed E-state index contributed by atoms with van der Waals surface area (Å²) in [5.74, 6) is 0.510. The minimum absolute atomic E-state index is 0.0130. The van der Waals surface area contributed by atoms with Crippen molar-refractivity contribution < 1.29 is 18.0 Å². The fraction of sp³-hybridized carbons (Fsp3) is 0.529. The van der Waals surface area contributed by atoms with Crippen LogP contribution in [0.2, 0.25) is 0 Å². The number of aromatic nitrogens is 1. The van der Waals surface area contributed by atoms with E-state index < -0.39 is 18.5 Å². The van der Waals surface area contributed by atoms with Gasteiger partial charge >= 0.3 is 6.18 Å². The number of alkyl halides is 3. The van der Waals surface area contributed by atoms with Gasteiger partial charge in [0.15, 0.2) is 0 Å². The van der Waals surface area contributed by atoms with Crippen molar-refractivity contribution in [3.63, 3.8) is 0 Å². The molecule has 2 N–H and O–H groups in total. The number of hydrogen-bond donors (Lipinski definition) is 2. The van der Waals surface area contributed by atoms with Crippen LogP contribution in [0.1, 0.15) is 30.7 Å². The summed E-state index contributed by atoms with van der Waals surface area (Å²) in [7, 11) is 0. The fourth-order valence-electron chi connectivity index (χ4n) is 3.88. The molecule has 3 unspecified atom stereocenters. The van der Waals surface area contributed by atoms with E-state index in [0.717, 1.165) is 30.2 Å². The number of nitrogens with one attached hydrogen (secondary N) is 2. The van der Waals surface area contributed by atoms with Crippen molar-refractivity contribution in [1.29, 1.82) is 0 Å². The number of hydrogen-bond acceptors (Lipinski definition) is 5. The molecule has 1 fully saturated rings. The molecule has 1 saturated heterocycles. The lowest BCUT2D eigenvalue weighted by Crippen LogP contribution is -2.52. The molecule has 3 aliphatic heterocycles. The zero-order chi connectivity index (χ0) is 19.0. The summed E-state index contributed by atoms with van der Waals surface area (Å²) in [6.45, 7) is 1.14. The zero-order valence-electron chi connectivity index (χ0n) is 14.4. The summed E-state index contributed by atoms with van der Waals surface area (Å²) in [6, 6.07) is 1.62. The number of H-pyrrole nitrogens is 1. The van der Waals surface area contributed by atoms with Gasteiger partial charge < -0.3 is 15.2 Å². The Kier molecular flexibility index (Phi) is 4.48. The smallest absolute Gasteiger partial charge is 0.356 e. The van der Waals surface area contributed by atoms with E-state index in [0.29, 0.717) is 13.0 Å². The maximum Gasteiger partial charge on any atom is 0.397 e. The highest BCUT2D eigenvalue weighted by molar-refractivity contribution is 6.02. The first-order valence-corrected chi connectivity index (χ1v) is 8.84. The normalized spacial score (nSPS) is 27.0. The predicted octanol–water partition coefficient (Wildman–Crippen LogP) is 2.36. The second-order valence-electron chi connectivity index (χ2n) is 6.98. The number of amides is 1. The zero-order valence-corrected chi connectivity index (χ0v) is 14.4. The number of fused-ring (bicyclic) bond motifs is 3. The van der Waals surface area contributed by atoms with E-state index in [2.05, 4.69) is 25.5 Å². The average Bonchev–Trinajstić information content (AvgIpc) is 3.08. The van der Waals surface area contributed by atoms with Crippen molar-refractivity contribution >= 4 is 30.0 Å². The molecule has 3 atom stereocenters. The molecular formula is C17H19F3N6O. The van der Waals surface area contributed by atoms with Gasteiger partial charge in [-0.05, 0) is 18.9 Å². The lowest BCUT2D eigenvalue weighted by atomic mass is 9.83. The Morgan fingerprint density at radius 2 is 2.22 bits per heavy atom. The third-order valence-corrected chi connectivity index (χ3v) is 5.00. The highest BCUT2D eigenvalue weighted by atomic mass is 19.4. The van der Waals surface area contributed by atoms with Gasteiger partial charge in [0.05, 0.1) is 5.92 Å². The molecule has 0 aliphatic carbocycles. The minimum atomic E-state index is -4.50. The lowest BCUT2D eigenvalue weighted by molar-refractivity contribution is -0.154. The van der Waals surface area contributed by atoms with Crippen molar-refractivity contribution in [2.75, 3.05) is 13.1 Å². The van der Waals surface area contributed by atoms with Crippen LogP contribution in [0.15, 0.2) is 27.5 Å². The number of aliphatic imine (C=N–C) groups is 1. The summed E-state index contributed by atoms with van der Waals surface area (Å²) in [5.41, 5.74) is 1.02. The monoisotopic (exact) mass is 380 g/mol. The Labute approximate surface area is 153 Å². The van der Waals surface area contributed by atoms with Crippen molar-refractivity contribution in [3.05, 3.63) is 17.8 Å². The summed E-state index contributed by atoms with van der Waals surface area (Å²) in [6.07, 6.45) is 0.841. The van der Waals surface area contributed by atoms with Crippen LogP contribution in [0.25, 0.3) is 0 Å². The number of amidine groups is 1. The van der Waals surface area contributed by atoms with E-state index in [-0.39, 0.29) is 17.9 Å². The van der Waals surface area contributed by atoms with Gasteiger partial charge in [0, 0.05) is 49.2 Å². The maximum absolute atomic E-state index is 12.4. The van der Waals surface area contributed by atoms with E-state index in [1.165, 1.54) is 0 Å². The third-order valence-electron chi connectivity index (χ3n) is 5.00. The van der Waals surface area contributed by atoms with Crippen molar-refractivity contribution in [2.45, 2.75) is 37.4 Å². The number of nitrogens with zero attached hydrogens (tertiary/aromatic N) is 4. The van der Waals surface area contributed by atoms with Crippen LogP contribution in [0, 0.1) is 5.92 Å². The molecule has 144 valence electrons. The van der Waals surface area contributed by atoms with Crippen LogP contribution in [0.4, 0.5) is 19.0 Å². The number of carbonyl (C=O) groups excluding carboxylic acids is 1. The average molecular weight is 380 g/mol. The topological polar surface area (TPSA) is 85.2 Å². The van der Waals surface area contributed by atoms with E-state index in [4.69, 9.17) is 0 Å². The highest BCUT2D eigenvalue weighted by Crippen LogP contribution is 2.38. The van der Waals surface area contributed by atoms with Crippen molar-refractivity contribution in [2.24, 2.45) is 21.1 Å². The summed E-state index contributed by atoms with van der Waals surface area (Å²) in [4.78, 5) is 21.1. The van der Waals surface area contributed by atoms with Crippen LogP contribution < -0.4 is 5.32 Å². The van der Waals surface area contributed by atoms with Gasteiger partial charge in [-0.25, -0.2) is 4.99 Å². The van der Waals surface area contributed by atoms with Crippen molar-refractivity contribution in [1.82, 2.24) is 15.2 Å². The Morgan fingerprint density at radius 3 is 3.04 bits per heavy atom. The number of carbonyl (C=O) groups is 1. The first kappa shape index (κ1) is 17.7. The molecule has 1 aromatic heterocycles. The maximum atomic E-state index is 12.4. The molecule has 4 rings (SSSR count). The Hall–Kier alpha value is -2.65. The second kappa shape index (κ2) is 6.82. The molecule has 0 bridgehead atoms. The summed E-state index contributed by atoms with van der Waals surface area (Å²) in [5, 5.41) is 10.9. The highest BCUT2D eigenvalue weighted by Gasteiger charge is 2.38. The number of piperidine rings is 1. The molecule has 1 aromatic rings. The van der Waals surface area contributed by atoms with Crippen LogP contribution in [-0.2, 0) is 4.79 Å². The number of likely N-dealkylation sites (tertiary alicyclic amines) is 1. The van der Waals surface area contributed by atoms with Gasteiger partial charge in [-0.3, -0.25) is 4.79 Å². The molecule has 0 radical (unpaired) electrons. The van der Waals surface area contributed by atoms with E-state index in [1.54, 1.807) is 6.21 Å². The Morgan fingerprint density at radius 1 is 1.37 bits per heavy atom. The number of rotatable bonds is 2. The molecule has 0 saturated carbocycles. The Balaban J connectivity index is 1.48. The van der Waals surface area contributed by atoms with Gasteiger partial charge in [0.2, 0.25) is 5.91 Å². The van der Waals surface area contributed by atoms with Gasteiger partial charge in [-0.1, -0.05) is 0 Å². The first-order chi connectivity index (χ1) is 12.9. The molecule has 4 heterocycles. The number of aromatic amines is 1. The standard InChI is InChI=1S/C17H19F3N6O/c18-17(19,20)6-13(27)24-11-2-1-5-26(9-11)16-14-10(8-23-25-16)7-22-15-12(14)3-4-21-15/h3-4,7-8,10-11,14,21H,1-2,5-6,9H2,(H,24,27). The van der Waals surface area contributed by atoms with Crippen LogP contribution in [0.5, 0.6) is 0 Å². The van der Waals surface area contributed by atoms with Gasteiger partial charge in [0.1, 0.15) is 18.1 Å². The van der Waals surface area contributed by atoms with Crippen molar-refractivity contribution in [3.8, 4) is 0 Å². The minimum Gasteiger partial charge on any atom is -0.356 e. The molecular weight excluding hydrogens is 361 g/mol. The van der Waals surface area contributed by atoms with Gasteiger partial charge in [-0.15, -0.1) is 5.10 Å². The second-order valence-corrected chi connectivity index (χ2v) is 6.98. The van der Waals surface area contributed by atoms with Gasteiger partial charge in [-0.2, -0.15) is 18.3 Å². The molecule has 7 nitrogen and oxygen atoms in total. The lowest BCUT2D eigenvalue weighted by Gasteiger charge is -2.39. The molecule has 3 aliphatic rings. The molecule has 0 aromatic carbocycles. The fourth-order valence-corrected chi connectivity index (χ4v) is 3.88. The van der Waals surface area contributed by atoms with E-state index >= 15 is 0 Å². The molecule has 1 amide bonds. The third kappa shape index (κ3) is 3.74. The first-order valence-electron chi connectivity index (χ1n) is 8.84. The largest absolute Gasteiger partial charge is 0.397 e. The summed E-state index contributed by atoms with van der Waals surface area (Å²) < 4.78 is 37.2. The molecule has 10 heteroatoms. The molecule has 0 spiro atoms. The predicted molar refractivity (Wildman–Crippen MR) is 94.5 cm³/mol. The van der Waals surface area contributed by atoms with Crippen LogP contribution in [0.3, 0.4) is 0 Å². The number of halogens is 3. The quantitative estimate of drug-likeness (QED) is 0.825. The van der Waals surface area contributed by atoms with Gasteiger partial charge in [0.25, 0.3) is 0 Å². The van der Waals surface area contributed by atoms with E-state index in [1.807, 2.05) is 23.4 Å². The van der Waals surface area contributed by atoms with Crippen LogP contribution in [-0.4, -0.2) is 59.4 Å². The summed E-state index contributed by atoms with van der Waals surface area (Å²) >= 11 is 0. The van der Waals surface area contributed by atoms with Crippen LogP contribution >= 0.6 is 0 Å². The Bertz CT molecular complexity index is 812. The SMILES string of the molecule is O=C(CC(F)(F)F)NC1CCCN(C2=NN=CC3C=Nc4[nH]ccc4C23)C1.